The van der Waals surface area contributed by atoms with Crippen LogP contribution in [0.5, 0.6) is 0 Å². The highest BCUT2D eigenvalue weighted by molar-refractivity contribution is 5.89. The van der Waals surface area contributed by atoms with Gasteiger partial charge < -0.3 is 30.4 Å². The standard InChI is InChI=1S/C13H26N2.C8H6O4/c1(2-12-4-8-14-9-5-12)3-13-6-10-15-11-7-13;9-7(10)5-1-2-6(4-3-5)8(11)12/h12-15H,1-11H2;1-4H,(H,9,10)(H,11,12). The Morgan fingerprint density at radius 3 is 1.37 bits per heavy atom. The summed E-state index contributed by atoms with van der Waals surface area (Å²) in [6, 6.07) is 4.61. The minimum absolute atomic E-state index is 0.0556. The molecule has 0 unspecified atom stereocenters. The molecule has 0 saturated carbocycles. The van der Waals surface area contributed by atoms with Crippen LogP contribution in [0.3, 0.4) is 0 Å². The molecule has 0 spiro atoms. The van der Waals surface area contributed by atoms with E-state index >= 15 is 0 Å². The van der Waals surface area contributed by atoms with Gasteiger partial charge in [-0.05, 0) is 48.6 Å². The van der Waals surface area contributed by atoms with Crippen LogP contribution in [0, 0.1) is 11.8 Å². The summed E-state index contributed by atoms with van der Waals surface area (Å²) in [5.74, 6) is -0.518. The average molecular weight is 376 g/mol. The summed E-state index contributed by atoms with van der Waals surface area (Å²) in [5, 5.41) is 25.4. The lowest BCUT2D eigenvalue weighted by Gasteiger charge is -2.23. The van der Waals surface area contributed by atoms with Gasteiger partial charge in [-0.2, -0.15) is 0 Å². The number of benzene rings is 1. The molecular weight excluding hydrogens is 344 g/mol. The lowest BCUT2D eigenvalue weighted by molar-refractivity contribution is -0.665. The van der Waals surface area contributed by atoms with Crippen molar-refractivity contribution in [2.45, 2.75) is 44.9 Å². The summed E-state index contributed by atoms with van der Waals surface area (Å²) >= 11 is 0. The zero-order valence-corrected chi connectivity index (χ0v) is 16.0. The molecule has 2 aliphatic rings. The van der Waals surface area contributed by atoms with E-state index in [1.54, 1.807) is 0 Å². The third-order valence-corrected chi connectivity index (χ3v) is 5.70. The average Bonchev–Trinajstić information content (AvgIpc) is 2.70. The van der Waals surface area contributed by atoms with Gasteiger partial charge in [0.15, 0.2) is 0 Å². The van der Waals surface area contributed by atoms with Gasteiger partial charge in [-0.1, -0.05) is 43.5 Å². The SMILES string of the molecule is C(CC1CC[NH2+]CC1)CC1CC[NH2+]CC1.O=C([O-])c1ccc(C(=O)[O-])cc1. The van der Waals surface area contributed by atoms with Crippen LogP contribution in [0.15, 0.2) is 24.3 Å². The van der Waals surface area contributed by atoms with E-state index in [0.717, 1.165) is 36.1 Å². The van der Waals surface area contributed by atoms with Crippen molar-refractivity contribution in [3.8, 4) is 0 Å². The van der Waals surface area contributed by atoms with Crippen LogP contribution in [0.1, 0.15) is 65.7 Å². The smallest absolute Gasteiger partial charge is 0.0758 e. The maximum atomic E-state index is 10.2. The van der Waals surface area contributed by atoms with Crippen molar-refractivity contribution in [1.82, 2.24) is 0 Å². The lowest BCUT2D eigenvalue weighted by atomic mass is 9.87. The van der Waals surface area contributed by atoms with Gasteiger partial charge in [-0.25, -0.2) is 0 Å². The minimum Gasteiger partial charge on any atom is -0.545 e. The molecule has 0 amide bonds. The number of nitrogens with two attached hydrogens (primary N) is 2. The molecule has 0 atom stereocenters. The van der Waals surface area contributed by atoms with Crippen LogP contribution in [-0.2, 0) is 0 Å². The van der Waals surface area contributed by atoms with Gasteiger partial charge >= 0.3 is 0 Å². The summed E-state index contributed by atoms with van der Waals surface area (Å²) in [4.78, 5) is 20.4. The maximum absolute atomic E-state index is 10.2. The van der Waals surface area contributed by atoms with Crippen LogP contribution < -0.4 is 20.8 Å². The number of quaternary nitrogens is 2. The fourth-order valence-electron chi connectivity index (χ4n) is 4.01. The van der Waals surface area contributed by atoms with Crippen LogP contribution >= 0.6 is 0 Å². The topological polar surface area (TPSA) is 113 Å². The first-order valence-electron chi connectivity index (χ1n) is 10.2. The normalized spacial score (nSPS) is 18.4. The molecule has 1 aromatic rings. The van der Waals surface area contributed by atoms with Crippen molar-refractivity contribution in [3.63, 3.8) is 0 Å². The summed E-state index contributed by atoms with van der Waals surface area (Å²) in [6.07, 6.45) is 10.5. The van der Waals surface area contributed by atoms with E-state index < -0.39 is 11.9 Å². The molecule has 2 fully saturated rings. The molecule has 4 N–H and O–H groups in total. The highest BCUT2D eigenvalue weighted by atomic mass is 16.4. The number of carboxylic acid groups (broad SMARTS) is 2. The molecular formula is C21H32N2O4. The first kappa shape index (κ1) is 21.4. The summed E-state index contributed by atoms with van der Waals surface area (Å²) in [6.45, 7) is 5.57. The molecule has 2 heterocycles. The van der Waals surface area contributed by atoms with Gasteiger partial charge in [0.05, 0.1) is 38.1 Å². The highest BCUT2D eigenvalue weighted by Gasteiger charge is 2.18. The first-order valence-corrected chi connectivity index (χ1v) is 10.2. The van der Waals surface area contributed by atoms with Gasteiger partial charge in [-0.15, -0.1) is 0 Å². The van der Waals surface area contributed by atoms with Crippen LogP contribution in [0.2, 0.25) is 0 Å². The molecule has 27 heavy (non-hydrogen) atoms. The van der Waals surface area contributed by atoms with Crippen LogP contribution in [0.25, 0.3) is 0 Å². The molecule has 0 aromatic heterocycles. The molecule has 150 valence electrons. The zero-order valence-electron chi connectivity index (χ0n) is 16.0. The largest absolute Gasteiger partial charge is 0.545 e. The predicted octanol–water partition coefficient (Wildman–Crippen LogP) is -1.48. The number of hydrogen-bond donors (Lipinski definition) is 2. The number of hydrogen-bond acceptors (Lipinski definition) is 4. The molecule has 0 bridgehead atoms. The number of rotatable bonds is 6. The fourth-order valence-corrected chi connectivity index (χ4v) is 4.01. The Morgan fingerprint density at radius 2 is 1.07 bits per heavy atom. The molecule has 6 nitrogen and oxygen atoms in total. The van der Waals surface area contributed by atoms with Crippen LogP contribution in [0.4, 0.5) is 0 Å². The maximum Gasteiger partial charge on any atom is 0.0758 e. The molecule has 2 saturated heterocycles. The van der Waals surface area contributed by atoms with E-state index in [-0.39, 0.29) is 11.1 Å². The van der Waals surface area contributed by atoms with E-state index in [2.05, 4.69) is 10.6 Å². The van der Waals surface area contributed by atoms with Crippen LogP contribution in [-0.4, -0.2) is 38.1 Å². The van der Waals surface area contributed by atoms with Gasteiger partial charge in [0.2, 0.25) is 0 Å². The third-order valence-electron chi connectivity index (χ3n) is 5.70. The van der Waals surface area contributed by atoms with Crippen molar-refractivity contribution in [2.24, 2.45) is 11.8 Å². The quantitative estimate of drug-likeness (QED) is 0.630. The number of carbonyl (C=O) groups is 2. The summed E-state index contributed by atoms with van der Waals surface area (Å²) in [5.41, 5.74) is -0.111. The predicted molar refractivity (Wildman–Crippen MR) is 97.7 cm³/mol. The van der Waals surface area contributed by atoms with E-state index in [4.69, 9.17) is 0 Å². The Balaban J connectivity index is 0.000000199. The fraction of sp³-hybridized carbons (Fsp3) is 0.619. The Hall–Kier alpha value is -1.92. The Kier molecular flexibility index (Phi) is 9.28. The number of piperidine rings is 2. The second-order valence-corrected chi connectivity index (χ2v) is 7.70. The first-order chi connectivity index (χ1) is 13.1. The van der Waals surface area contributed by atoms with Gasteiger partial charge in [0.1, 0.15) is 0 Å². The van der Waals surface area contributed by atoms with Crippen molar-refractivity contribution < 1.29 is 30.4 Å². The van der Waals surface area contributed by atoms with Gasteiger partial charge in [-0.3, -0.25) is 0 Å². The van der Waals surface area contributed by atoms with E-state index in [9.17, 15) is 19.8 Å². The second-order valence-electron chi connectivity index (χ2n) is 7.70. The Labute approximate surface area is 161 Å². The molecule has 0 radical (unpaired) electrons. The second kappa shape index (κ2) is 11.7. The zero-order chi connectivity index (χ0) is 19.5. The van der Waals surface area contributed by atoms with Crippen molar-refractivity contribution in [2.75, 3.05) is 26.2 Å². The summed E-state index contributed by atoms with van der Waals surface area (Å²) in [7, 11) is 0. The Bertz CT molecular complexity index is 525. The molecule has 0 aliphatic carbocycles. The number of aromatic carboxylic acids is 2. The van der Waals surface area contributed by atoms with Gasteiger partial charge in [0, 0.05) is 0 Å². The van der Waals surface area contributed by atoms with E-state index in [1.165, 1.54) is 71.1 Å². The molecule has 1 aromatic carbocycles. The van der Waals surface area contributed by atoms with Crippen molar-refractivity contribution >= 4 is 11.9 Å². The molecule has 2 aliphatic heterocycles. The number of carboxylic acids is 2. The van der Waals surface area contributed by atoms with Crippen molar-refractivity contribution in [3.05, 3.63) is 35.4 Å². The number of carbonyl (C=O) groups excluding carboxylic acids is 2. The third kappa shape index (κ3) is 8.10. The Morgan fingerprint density at radius 1 is 0.741 bits per heavy atom. The monoisotopic (exact) mass is 376 g/mol. The van der Waals surface area contributed by atoms with Crippen molar-refractivity contribution in [1.29, 1.82) is 0 Å². The lowest BCUT2D eigenvalue weighted by Crippen LogP contribution is -2.86. The molecule has 3 rings (SSSR count). The minimum atomic E-state index is -1.33. The van der Waals surface area contributed by atoms with Gasteiger partial charge in [0.25, 0.3) is 0 Å². The molecule has 6 heteroatoms. The van der Waals surface area contributed by atoms with E-state index in [1.807, 2.05) is 0 Å². The van der Waals surface area contributed by atoms with E-state index in [0.29, 0.717) is 0 Å². The highest BCUT2D eigenvalue weighted by Crippen LogP contribution is 2.22. The summed E-state index contributed by atoms with van der Waals surface area (Å²) < 4.78 is 0.